The third kappa shape index (κ3) is 2.99. The van der Waals surface area contributed by atoms with E-state index in [9.17, 15) is 18.0 Å². The van der Waals surface area contributed by atoms with Gasteiger partial charge in [0.15, 0.2) is 0 Å². The topological polar surface area (TPSA) is 60.1 Å². The molecule has 0 fully saturated rings. The summed E-state index contributed by atoms with van der Waals surface area (Å²) in [7, 11) is 0. The van der Waals surface area contributed by atoms with Crippen LogP contribution in [0.5, 0.6) is 0 Å². The fourth-order valence-electron chi connectivity index (χ4n) is 2.59. The highest BCUT2D eigenvalue weighted by molar-refractivity contribution is 5.91. The number of hydrogen-bond donors (Lipinski definition) is 1. The summed E-state index contributed by atoms with van der Waals surface area (Å²) in [5, 5.41) is 6.73. The summed E-state index contributed by atoms with van der Waals surface area (Å²) in [6.45, 7) is 3.27. The van der Waals surface area contributed by atoms with Gasteiger partial charge in [-0.3, -0.25) is 9.36 Å². The molecule has 0 atom stereocenters. The summed E-state index contributed by atoms with van der Waals surface area (Å²) in [5.74, 6) is -0.340. The van der Waals surface area contributed by atoms with Gasteiger partial charge in [0.05, 0.1) is 11.2 Å². The normalized spacial score (nSPS) is 11.9. The molecule has 0 unspecified atom stereocenters. The van der Waals surface area contributed by atoms with Gasteiger partial charge in [0.25, 0.3) is 5.91 Å². The van der Waals surface area contributed by atoms with Crippen molar-refractivity contribution in [3.05, 3.63) is 53.0 Å². The lowest BCUT2D eigenvalue weighted by atomic mass is 10.1. The fraction of sp³-hybridized carbons (Fsp3) is 0.250. The molecule has 3 aromatic rings. The molecule has 0 aliphatic carbocycles. The molecule has 0 saturated heterocycles. The zero-order valence-corrected chi connectivity index (χ0v) is 12.9. The minimum atomic E-state index is -4.47. The molecule has 0 aliphatic rings. The Kier molecular flexibility index (Phi) is 3.82. The molecule has 5 nitrogen and oxygen atoms in total. The highest BCUT2D eigenvalue weighted by atomic mass is 19.4. The van der Waals surface area contributed by atoms with E-state index in [1.54, 1.807) is 19.1 Å². The molecule has 0 aliphatic heterocycles. The summed E-state index contributed by atoms with van der Waals surface area (Å²) in [4.78, 5) is 11.9. The number of halogens is 3. The Balaban J connectivity index is 1.80. The van der Waals surface area contributed by atoms with Gasteiger partial charge in [-0.25, -0.2) is 0 Å². The summed E-state index contributed by atoms with van der Waals surface area (Å²) >= 11 is 0. The Morgan fingerprint density at radius 1 is 1.25 bits per heavy atom. The van der Waals surface area contributed by atoms with Crippen LogP contribution in [0.25, 0.3) is 10.9 Å². The number of nitrogens with zero attached hydrogens (tertiary/aromatic N) is 2. The third-order valence-electron chi connectivity index (χ3n) is 3.61. The van der Waals surface area contributed by atoms with E-state index in [0.717, 1.165) is 0 Å². The molecule has 1 N–H and O–H groups in total. The van der Waals surface area contributed by atoms with Crippen LogP contribution < -0.4 is 5.32 Å². The van der Waals surface area contributed by atoms with Gasteiger partial charge in [-0.15, -0.1) is 13.2 Å². The lowest BCUT2D eigenvalue weighted by molar-refractivity contribution is -0.201. The summed E-state index contributed by atoms with van der Waals surface area (Å²) < 4.78 is 44.3. The number of hydrogen-bond acceptors (Lipinski definition) is 3. The van der Waals surface area contributed by atoms with E-state index in [4.69, 9.17) is 4.52 Å². The van der Waals surface area contributed by atoms with Gasteiger partial charge < -0.3 is 9.84 Å². The van der Waals surface area contributed by atoms with Crippen LogP contribution in [0.2, 0.25) is 0 Å². The van der Waals surface area contributed by atoms with Gasteiger partial charge in [0, 0.05) is 23.7 Å². The molecule has 2 aromatic heterocycles. The summed E-state index contributed by atoms with van der Waals surface area (Å²) in [5.41, 5.74) is 1.47. The maximum absolute atomic E-state index is 13.0. The molecule has 24 heavy (non-hydrogen) atoms. The van der Waals surface area contributed by atoms with Gasteiger partial charge in [0.2, 0.25) is 5.76 Å². The number of rotatable bonds is 3. The average molecular weight is 337 g/mol. The van der Waals surface area contributed by atoms with E-state index in [-0.39, 0.29) is 23.5 Å². The number of carbonyl (C=O) groups is 1. The summed E-state index contributed by atoms with van der Waals surface area (Å²) in [6, 6.07) is 7.54. The van der Waals surface area contributed by atoms with Crippen molar-refractivity contribution >= 4 is 16.8 Å². The zero-order valence-electron chi connectivity index (χ0n) is 12.9. The van der Waals surface area contributed by atoms with Crippen LogP contribution in [0.3, 0.4) is 0 Å². The molecular weight excluding hydrogens is 323 g/mol. The maximum atomic E-state index is 13.0. The van der Waals surface area contributed by atoms with Crippen molar-refractivity contribution in [2.24, 2.45) is 0 Å². The number of benzene rings is 1. The molecule has 3 rings (SSSR count). The number of aryl methyl sites for hydroxylation is 2. The van der Waals surface area contributed by atoms with Gasteiger partial charge in [-0.2, -0.15) is 0 Å². The van der Waals surface area contributed by atoms with Crippen LogP contribution in [0, 0.1) is 13.8 Å². The Bertz CT molecular complexity index is 909. The fourth-order valence-corrected chi connectivity index (χ4v) is 2.59. The number of aromatic nitrogens is 2. The van der Waals surface area contributed by atoms with Gasteiger partial charge in [-0.05, 0) is 37.6 Å². The standard InChI is InChI=1S/C16H14F3N3O2/c1-9-5-14(24-21-9)15(23)20-8-11-3-4-13-12(7-11)6-10(2)22(13)16(17,18)19/h3-7H,8H2,1-2H3,(H,20,23). The summed E-state index contributed by atoms with van der Waals surface area (Å²) in [6.07, 6.45) is -4.47. The van der Waals surface area contributed by atoms with E-state index in [1.165, 1.54) is 25.1 Å². The molecule has 0 spiro atoms. The second kappa shape index (κ2) is 5.70. The minimum Gasteiger partial charge on any atom is -0.351 e. The van der Waals surface area contributed by atoms with Gasteiger partial charge >= 0.3 is 6.30 Å². The molecule has 2 heterocycles. The van der Waals surface area contributed by atoms with Crippen LogP contribution in [0.4, 0.5) is 13.2 Å². The maximum Gasteiger partial charge on any atom is 0.489 e. The van der Waals surface area contributed by atoms with E-state index in [1.807, 2.05) is 0 Å². The van der Waals surface area contributed by atoms with E-state index >= 15 is 0 Å². The Morgan fingerprint density at radius 2 is 2.00 bits per heavy atom. The van der Waals surface area contributed by atoms with Crippen LogP contribution in [0.1, 0.15) is 27.5 Å². The first kappa shape index (κ1) is 16.1. The molecule has 126 valence electrons. The van der Waals surface area contributed by atoms with Crippen molar-refractivity contribution in [1.82, 2.24) is 15.0 Å². The molecule has 0 radical (unpaired) electrons. The lowest BCUT2D eigenvalue weighted by Gasteiger charge is -2.12. The number of carbonyl (C=O) groups excluding carboxylic acids is 1. The molecule has 0 saturated carbocycles. The SMILES string of the molecule is Cc1cc(C(=O)NCc2ccc3c(c2)cc(C)n3C(F)(F)F)on1. The van der Waals surface area contributed by atoms with Crippen molar-refractivity contribution in [2.45, 2.75) is 26.7 Å². The highest BCUT2D eigenvalue weighted by Crippen LogP contribution is 2.31. The molecule has 1 aromatic carbocycles. The largest absolute Gasteiger partial charge is 0.489 e. The smallest absolute Gasteiger partial charge is 0.351 e. The number of fused-ring (bicyclic) bond motifs is 1. The highest BCUT2D eigenvalue weighted by Gasteiger charge is 2.33. The first-order valence-corrected chi connectivity index (χ1v) is 7.15. The van der Waals surface area contributed by atoms with Crippen molar-refractivity contribution in [3.63, 3.8) is 0 Å². The quantitative estimate of drug-likeness (QED) is 0.793. The van der Waals surface area contributed by atoms with Crippen LogP contribution >= 0.6 is 0 Å². The number of alkyl halides is 3. The van der Waals surface area contributed by atoms with E-state index in [2.05, 4.69) is 10.5 Å². The predicted octanol–water partition coefficient (Wildman–Crippen LogP) is 3.65. The van der Waals surface area contributed by atoms with Crippen LogP contribution in [-0.4, -0.2) is 15.6 Å². The van der Waals surface area contributed by atoms with Crippen molar-refractivity contribution in [3.8, 4) is 0 Å². The Hall–Kier alpha value is -2.77. The first-order chi connectivity index (χ1) is 11.3. The monoisotopic (exact) mass is 337 g/mol. The van der Waals surface area contributed by atoms with Crippen LogP contribution in [0.15, 0.2) is 34.9 Å². The van der Waals surface area contributed by atoms with Gasteiger partial charge in [0.1, 0.15) is 0 Å². The second-order valence-electron chi connectivity index (χ2n) is 5.50. The first-order valence-electron chi connectivity index (χ1n) is 7.15. The molecule has 1 amide bonds. The zero-order chi connectivity index (χ0) is 17.5. The van der Waals surface area contributed by atoms with E-state index < -0.39 is 12.2 Å². The van der Waals surface area contributed by atoms with Crippen LogP contribution in [-0.2, 0) is 12.8 Å². The predicted molar refractivity (Wildman–Crippen MR) is 80.4 cm³/mol. The molecule has 0 bridgehead atoms. The Labute approximate surface area is 135 Å². The van der Waals surface area contributed by atoms with Gasteiger partial charge in [-0.1, -0.05) is 11.2 Å². The number of amides is 1. The average Bonchev–Trinajstić information content (AvgIpc) is 3.06. The minimum absolute atomic E-state index is 0.0842. The van der Waals surface area contributed by atoms with E-state index in [0.29, 0.717) is 21.2 Å². The Morgan fingerprint density at radius 3 is 2.62 bits per heavy atom. The molecule has 8 heteroatoms. The third-order valence-corrected chi connectivity index (χ3v) is 3.61. The molecular formula is C16H14F3N3O2. The lowest BCUT2D eigenvalue weighted by Crippen LogP contribution is -2.22. The van der Waals surface area contributed by atoms with Crippen molar-refractivity contribution in [2.75, 3.05) is 0 Å². The van der Waals surface area contributed by atoms with Crippen molar-refractivity contribution < 1.29 is 22.5 Å². The number of nitrogens with one attached hydrogen (secondary N) is 1. The van der Waals surface area contributed by atoms with Crippen molar-refractivity contribution in [1.29, 1.82) is 0 Å². The second-order valence-corrected chi connectivity index (χ2v) is 5.50.